The lowest BCUT2D eigenvalue weighted by molar-refractivity contribution is -0.180. The van der Waals surface area contributed by atoms with Crippen molar-refractivity contribution in [3.05, 3.63) is 48.6 Å². The maximum Gasteiger partial charge on any atom is 0.168 e. The molecule has 1 rings (SSSR count). The van der Waals surface area contributed by atoms with Gasteiger partial charge in [0.05, 0.1) is 12.7 Å². The second-order valence-electron chi connectivity index (χ2n) is 13.5. The maximum atomic E-state index is 9.27. The summed E-state index contributed by atoms with van der Waals surface area (Å²) < 4.78 is 12.9. The van der Waals surface area contributed by atoms with E-state index in [2.05, 4.69) is 62.5 Å². The van der Waals surface area contributed by atoms with E-state index in [0.29, 0.717) is 6.61 Å². The van der Waals surface area contributed by atoms with Crippen molar-refractivity contribution < 1.29 is 14.6 Å². The minimum Gasteiger partial charge on any atom is -0.396 e. The van der Waals surface area contributed by atoms with Crippen LogP contribution in [0, 0.1) is 0 Å². The van der Waals surface area contributed by atoms with Gasteiger partial charge in [0.15, 0.2) is 5.79 Å². The first kappa shape index (κ1) is 41.9. The third kappa shape index (κ3) is 26.6. The highest BCUT2D eigenvalue weighted by Crippen LogP contribution is 2.36. The lowest BCUT2D eigenvalue weighted by Gasteiger charge is -2.28. The molecule has 45 heavy (non-hydrogen) atoms. The van der Waals surface area contributed by atoms with E-state index in [4.69, 9.17) is 9.47 Å². The normalized spacial score (nSPS) is 16.9. The van der Waals surface area contributed by atoms with Crippen LogP contribution in [0.5, 0.6) is 0 Å². The molecule has 3 nitrogen and oxygen atoms in total. The number of hydrogen-bond donors (Lipinski definition) is 1. The number of unbranched alkanes of at least 4 members (excludes halogenated alkanes) is 18. The van der Waals surface area contributed by atoms with Gasteiger partial charge in [-0.05, 0) is 89.9 Å². The fourth-order valence-electron chi connectivity index (χ4n) is 6.23. The van der Waals surface area contributed by atoms with Crippen LogP contribution < -0.4 is 0 Å². The van der Waals surface area contributed by atoms with Crippen LogP contribution in [0.2, 0.25) is 0 Å². The molecule has 1 aliphatic rings. The monoisotopic (exact) mass is 629 g/mol. The van der Waals surface area contributed by atoms with Gasteiger partial charge in [0.2, 0.25) is 0 Å². The highest BCUT2D eigenvalue weighted by Gasteiger charge is 2.40. The summed E-state index contributed by atoms with van der Waals surface area (Å²) in [5.41, 5.74) is 0. The summed E-state index contributed by atoms with van der Waals surface area (Å²) in [6.45, 7) is 5.47. The largest absolute Gasteiger partial charge is 0.396 e. The standard InChI is InChI=1S/C42H76O3/c1-3-5-7-9-11-13-15-17-19-21-23-25-27-29-31-33-37-42(44-40-41(45-42)36-35-39-43)38-34-32-30-28-26-24-22-20-18-16-14-12-10-8-6-4-2/h11-14,17-20,41,43H,3-10,15-16,21-40H2,1-2H3/b13-11-,14-12-,19-17-,20-18-/t41-/m0/s1. The van der Waals surface area contributed by atoms with Crippen molar-refractivity contribution in [1.82, 2.24) is 0 Å². The smallest absolute Gasteiger partial charge is 0.168 e. The third-order valence-corrected chi connectivity index (χ3v) is 9.11. The van der Waals surface area contributed by atoms with E-state index in [0.717, 1.165) is 38.5 Å². The molecule has 262 valence electrons. The fourth-order valence-corrected chi connectivity index (χ4v) is 6.23. The van der Waals surface area contributed by atoms with Gasteiger partial charge in [-0.15, -0.1) is 0 Å². The molecule has 0 aromatic carbocycles. The quantitative estimate of drug-likeness (QED) is 0.0580. The SMILES string of the molecule is CCCCC/C=C\C/C=C\CCCCCCCCC1(CCCCCCCC/C=C\C/C=C\CCCCC)OC[C@H](CCCO)O1. The molecule has 1 heterocycles. The molecule has 1 aliphatic heterocycles. The average molecular weight is 629 g/mol. The molecule has 0 radical (unpaired) electrons. The van der Waals surface area contributed by atoms with Gasteiger partial charge in [-0.2, -0.15) is 0 Å². The number of rotatable bonds is 33. The Balaban J connectivity index is 2.12. The van der Waals surface area contributed by atoms with Crippen LogP contribution in [0.4, 0.5) is 0 Å². The second kappa shape index (κ2) is 32.8. The van der Waals surface area contributed by atoms with Crippen molar-refractivity contribution in [2.75, 3.05) is 13.2 Å². The molecule has 0 aromatic heterocycles. The van der Waals surface area contributed by atoms with Crippen molar-refractivity contribution in [3.63, 3.8) is 0 Å². The van der Waals surface area contributed by atoms with E-state index >= 15 is 0 Å². The topological polar surface area (TPSA) is 38.7 Å². The summed E-state index contributed by atoms with van der Waals surface area (Å²) in [6, 6.07) is 0. The predicted molar refractivity (Wildman–Crippen MR) is 198 cm³/mol. The molecular weight excluding hydrogens is 552 g/mol. The minimum atomic E-state index is -0.370. The van der Waals surface area contributed by atoms with E-state index in [1.807, 2.05) is 0 Å². The van der Waals surface area contributed by atoms with E-state index in [9.17, 15) is 5.11 Å². The highest BCUT2D eigenvalue weighted by atomic mass is 16.7. The van der Waals surface area contributed by atoms with Gasteiger partial charge in [0.25, 0.3) is 0 Å². The Morgan fingerprint density at radius 3 is 1.33 bits per heavy atom. The summed E-state index contributed by atoms with van der Waals surface area (Å²) in [6.07, 6.45) is 53.3. The second-order valence-corrected chi connectivity index (χ2v) is 13.5. The van der Waals surface area contributed by atoms with Gasteiger partial charge in [-0.1, -0.05) is 140 Å². The van der Waals surface area contributed by atoms with Gasteiger partial charge < -0.3 is 14.6 Å². The zero-order valence-corrected chi connectivity index (χ0v) is 30.2. The third-order valence-electron chi connectivity index (χ3n) is 9.11. The lowest BCUT2D eigenvalue weighted by atomic mass is 9.98. The predicted octanol–water partition coefficient (Wildman–Crippen LogP) is 13.3. The molecule has 0 amide bonds. The Morgan fingerprint density at radius 2 is 0.911 bits per heavy atom. The molecule has 0 saturated carbocycles. The number of allylic oxidation sites excluding steroid dienone is 8. The zero-order chi connectivity index (χ0) is 32.4. The average Bonchev–Trinajstić information content (AvgIpc) is 3.46. The van der Waals surface area contributed by atoms with E-state index in [1.165, 1.54) is 141 Å². The molecular formula is C42H76O3. The summed E-state index contributed by atoms with van der Waals surface area (Å²) >= 11 is 0. The summed E-state index contributed by atoms with van der Waals surface area (Å²) in [4.78, 5) is 0. The number of aliphatic hydroxyl groups excluding tert-OH is 1. The molecule has 0 aromatic rings. The molecule has 0 spiro atoms. The van der Waals surface area contributed by atoms with Gasteiger partial charge >= 0.3 is 0 Å². The minimum absolute atomic E-state index is 0.159. The fraction of sp³-hybridized carbons (Fsp3) is 0.810. The van der Waals surface area contributed by atoms with Crippen LogP contribution in [-0.4, -0.2) is 30.2 Å². The van der Waals surface area contributed by atoms with E-state index in [-0.39, 0.29) is 18.5 Å². The zero-order valence-electron chi connectivity index (χ0n) is 30.2. The van der Waals surface area contributed by atoms with Crippen LogP contribution in [0.15, 0.2) is 48.6 Å². The summed E-state index contributed by atoms with van der Waals surface area (Å²) in [5, 5.41) is 9.27. The van der Waals surface area contributed by atoms with Gasteiger partial charge in [0, 0.05) is 19.4 Å². The van der Waals surface area contributed by atoms with Crippen molar-refractivity contribution in [2.24, 2.45) is 0 Å². The highest BCUT2D eigenvalue weighted by molar-refractivity contribution is 4.93. The molecule has 1 saturated heterocycles. The summed E-state index contributed by atoms with van der Waals surface area (Å²) in [5.74, 6) is -0.370. The van der Waals surface area contributed by atoms with Crippen LogP contribution >= 0.6 is 0 Å². The Morgan fingerprint density at radius 1 is 0.511 bits per heavy atom. The van der Waals surface area contributed by atoms with Crippen molar-refractivity contribution >= 4 is 0 Å². The van der Waals surface area contributed by atoms with Gasteiger partial charge in [0.1, 0.15) is 0 Å². The molecule has 0 bridgehead atoms. The Labute approximate surface area is 281 Å². The number of ether oxygens (including phenoxy) is 2. The number of hydrogen-bond acceptors (Lipinski definition) is 3. The Kier molecular flexibility index (Phi) is 30.5. The summed E-state index contributed by atoms with van der Waals surface area (Å²) in [7, 11) is 0. The van der Waals surface area contributed by atoms with Crippen molar-refractivity contribution in [2.45, 2.75) is 206 Å². The first-order valence-corrected chi connectivity index (χ1v) is 19.8. The molecule has 1 atom stereocenters. The van der Waals surface area contributed by atoms with Crippen LogP contribution in [-0.2, 0) is 9.47 Å². The molecule has 0 aliphatic carbocycles. The van der Waals surface area contributed by atoms with Gasteiger partial charge in [-0.3, -0.25) is 0 Å². The maximum absolute atomic E-state index is 9.27. The Bertz CT molecular complexity index is 673. The van der Waals surface area contributed by atoms with Crippen LogP contribution in [0.25, 0.3) is 0 Å². The van der Waals surface area contributed by atoms with Crippen molar-refractivity contribution in [3.8, 4) is 0 Å². The van der Waals surface area contributed by atoms with Crippen molar-refractivity contribution in [1.29, 1.82) is 0 Å². The van der Waals surface area contributed by atoms with Crippen LogP contribution in [0.3, 0.4) is 0 Å². The lowest BCUT2D eigenvalue weighted by Crippen LogP contribution is -2.31. The molecule has 0 unspecified atom stereocenters. The molecule has 3 heteroatoms. The first-order valence-electron chi connectivity index (χ1n) is 19.8. The molecule has 1 N–H and O–H groups in total. The number of aliphatic hydroxyl groups is 1. The van der Waals surface area contributed by atoms with Crippen LogP contribution in [0.1, 0.15) is 194 Å². The van der Waals surface area contributed by atoms with Gasteiger partial charge in [-0.25, -0.2) is 0 Å². The Hall–Kier alpha value is -1.16. The van der Waals surface area contributed by atoms with E-state index in [1.54, 1.807) is 0 Å². The van der Waals surface area contributed by atoms with E-state index < -0.39 is 0 Å². The molecule has 1 fully saturated rings. The first-order chi connectivity index (χ1) is 22.3.